The first kappa shape index (κ1) is 16.3. The van der Waals surface area contributed by atoms with Gasteiger partial charge in [-0.3, -0.25) is 4.90 Å². The smallest absolute Gasteiger partial charge is 0.119 e. The van der Waals surface area contributed by atoms with E-state index < -0.39 is 6.10 Å². The molecule has 0 saturated heterocycles. The van der Waals surface area contributed by atoms with Crippen LogP contribution in [0.2, 0.25) is 0 Å². The molecule has 1 aromatic carbocycles. The quantitative estimate of drug-likeness (QED) is 0.834. The maximum Gasteiger partial charge on any atom is 0.119 e. The minimum atomic E-state index is -0.402. The molecule has 2 rings (SSSR count). The highest BCUT2D eigenvalue weighted by Gasteiger charge is 2.36. The molecule has 1 aliphatic rings. The van der Waals surface area contributed by atoms with E-state index in [2.05, 4.69) is 31.7 Å². The molecule has 0 saturated carbocycles. The molecule has 1 aromatic rings. The van der Waals surface area contributed by atoms with Crippen molar-refractivity contribution in [3.63, 3.8) is 0 Å². The Labute approximate surface area is 128 Å². The van der Waals surface area contributed by atoms with Crippen LogP contribution in [0, 0.1) is 0 Å². The zero-order valence-corrected chi connectivity index (χ0v) is 13.8. The summed E-state index contributed by atoms with van der Waals surface area (Å²) in [6.07, 6.45) is 4.03. The number of unbranched alkanes of at least 4 members (excludes halogenated alkanes) is 1. The molecule has 3 atom stereocenters. The topological polar surface area (TPSA) is 32.7 Å². The Bertz CT molecular complexity index is 461. The van der Waals surface area contributed by atoms with Crippen LogP contribution < -0.4 is 4.74 Å². The number of aliphatic hydroxyl groups is 1. The molecule has 118 valence electrons. The Kier molecular flexibility index (Phi) is 5.65. The normalized spacial score (nSPS) is 22.4. The first-order valence-electron chi connectivity index (χ1n) is 8.22. The SMILES string of the molecule is CCCCN(C(C)CC)C1Cc2ccc(OC)cc2C1O. The first-order chi connectivity index (χ1) is 10.1. The summed E-state index contributed by atoms with van der Waals surface area (Å²) in [6, 6.07) is 6.80. The Hall–Kier alpha value is -1.06. The van der Waals surface area contributed by atoms with Crippen LogP contribution in [0.25, 0.3) is 0 Å². The monoisotopic (exact) mass is 291 g/mol. The number of ether oxygens (including phenoxy) is 1. The van der Waals surface area contributed by atoms with E-state index in [4.69, 9.17) is 4.74 Å². The average molecular weight is 291 g/mol. The van der Waals surface area contributed by atoms with Gasteiger partial charge in [-0.1, -0.05) is 26.3 Å². The van der Waals surface area contributed by atoms with Gasteiger partial charge in [0.25, 0.3) is 0 Å². The van der Waals surface area contributed by atoms with Crippen molar-refractivity contribution in [1.82, 2.24) is 4.90 Å². The summed E-state index contributed by atoms with van der Waals surface area (Å²) in [5.74, 6) is 0.831. The molecular weight excluding hydrogens is 262 g/mol. The van der Waals surface area contributed by atoms with E-state index in [0.717, 1.165) is 30.7 Å². The van der Waals surface area contributed by atoms with Gasteiger partial charge in [0.1, 0.15) is 5.75 Å². The molecule has 0 aliphatic heterocycles. The Morgan fingerprint density at radius 1 is 1.38 bits per heavy atom. The molecule has 0 aromatic heterocycles. The fourth-order valence-corrected chi connectivity index (χ4v) is 3.29. The molecule has 0 fully saturated rings. The van der Waals surface area contributed by atoms with Gasteiger partial charge in [0.05, 0.1) is 13.2 Å². The van der Waals surface area contributed by atoms with Crippen molar-refractivity contribution in [2.24, 2.45) is 0 Å². The standard InChI is InChI=1S/C18H29NO2/c1-5-7-10-19(13(3)6-2)17-11-14-8-9-15(21-4)12-16(14)18(17)20/h8-9,12-13,17-18,20H,5-7,10-11H2,1-4H3. The number of methoxy groups -OCH3 is 1. The molecule has 0 amide bonds. The lowest BCUT2D eigenvalue weighted by Gasteiger charge is -2.36. The van der Waals surface area contributed by atoms with Gasteiger partial charge in [-0.2, -0.15) is 0 Å². The van der Waals surface area contributed by atoms with Gasteiger partial charge in [0.2, 0.25) is 0 Å². The summed E-state index contributed by atoms with van der Waals surface area (Å²) in [4.78, 5) is 2.50. The number of rotatable bonds is 7. The van der Waals surface area contributed by atoms with Crippen LogP contribution in [-0.2, 0) is 6.42 Å². The van der Waals surface area contributed by atoms with Gasteiger partial charge < -0.3 is 9.84 Å². The van der Waals surface area contributed by atoms with Crippen molar-refractivity contribution in [3.8, 4) is 5.75 Å². The van der Waals surface area contributed by atoms with E-state index in [1.54, 1.807) is 7.11 Å². The molecule has 0 radical (unpaired) electrons. The van der Waals surface area contributed by atoms with Gasteiger partial charge >= 0.3 is 0 Å². The molecule has 3 nitrogen and oxygen atoms in total. The van der Waals surface area contributed by atoms with Crippen molar-refractivity contribution in [2.45, 2.75) is 64.6 Å². The summed E-state index contributed by atoms with van der Waals surface area (Å²) in [7, 11) is 1.67. The molecule has 21 heavy (non-hydrogen) atoms. The Morgan fingerprint density at radius 3 is 2.76 bits per heavy atom. The molecular formula is C18H29NO2. The third-order valence-corrected chi connectivity index (χ3v) is 4.82. The van der Waals surface area contributed by atoms with Crippen molar-refractivity contribution in [3.05, 3.63) is 29.3 Å². The lowest BCUT2D eigenvalue weighted by molar-refractivity contribution is 0.0358. The van der Waals surface area contributed by atoms with Crippen LogP contribution in [0.4, 0.5) is 0 Å². The summed E-state index contributed by atoms with van der Waals surface area (Å²) in [5.41, 5.74) is 2.31. The second-order valence-corrected chi connectivity index (χ2v) is 6.13. The molecule has 0 spiro atoms. The Morgan fingerprint density at radius 2 is 2.14 bits per heavy atom. The maximum absolute atomic E-state index is 10.8. The summed E-state index contributed by atoms with van der Waals surface area (Å²) in [5, 5.41) is 10.8. The minimum Gasteiger partial charge on any atom is -0.497 e. The summed E-state index contributed by atoms with van der Waals surface area (Å²) >= 11 is 0. The van der Waals surface area contributed by atoms with Crippen LogP contribution in [0.5, 0.6) is 5.75 Å². The molecule has 3 heteroatoms. The number of nitrogens with zero attached hydrogens (tertiary/aromatic N) is 1. The molecule has 1 N–H and O–H groups in total. The van der Waals surface area contributed by atoms with Gasteiger partial charge in [-0.05, 0) is 56.0 Å². The third kappa shape index (κ3) is 3.41. The lowest BCUT2D eigenvalue weighted by Crippen LogP contribution is -2.44. The van der Waals surface area contributed by atoms with Crippen LogP contribution in [-0.4, -0.2) is 35.7 Å². The number of hydrogen-bond acceptors (Lipinski definition) is 3. The summed E-state index contributed by atoms with van der Waals surface area (Å²) in [6.45, 7) is 7.78. The van der Waals surface area contributed by atoms with Crippen LogP contribution in [0.15, 0.2) is 18.2 Å². The highest BCUT2D eigenvalue weighted by atomic mass is 16.5. The van der Waals surface area contributed by atoms with Gasteiger partial charge in [-0.15, -0.1) is 0 Å². The van der Waals surface area contributed by atoms with Crippen LogP contribution in [0.1, 0.15) is 57.3 Å². The second kappa shape index (κ2) is 7.28. The highest BCUT2D eigenvalue weighted by molar-refractivity contribution is 5.41. The lowest BCUT2D eigenvalue weighted by atomic mass is 10.1. The summed E-state index contributed by atoms with van der Waals surface area (Å²) < 4.78 is 5.29. The van der Waals surface area contributed by atoms with Crippen molar-refractivity contribution >= 4 is 0 Å². The number of aliphatic hydroxyl groups excluding tert-OH is 1. The molecule has 3 unspecified atom stereocenters. The van der Waals surface area contributed by atoms with E-state index in [0.29, 0.717) is 6.04 Å². The van der Waals surface area contributed by atoms with Gasteiger partial charge in [0, 0.05) is 12.1 Å². The zero-order chi connectivity index (χ0) is 15.4. The van der Waals surface area contributed by atoms with E-state index in [1.165, 1.54) is 18.4 Å². The van der Waals surface area contributed by atoms with Gasteiger partial charge in [0.15, 0.2) is 0 Å². The van der Waals surface area contributed by atoms with Crippen molar-refractivity contribution < 1.29 is 9.84 Å². The number of benzene rings is 1. The van der Waals surface area contributed by atoms with E-state index in [-0.39, 0.29) is 6.04 Å². The predicted octanol–water partition coefficient (Wildman–Crippen LogP) is 3.55. The Balaban J connectivity index is 2.20. The largest absolute Gasteiger partial charge is 0.497 e. The van der Waals surface area contributed by atoms with E-state index in [9.17, 15) is 5.11 Å². The first-order valence-corrected chi connectivity index (χ1v) is 8.22. The number of hydrogen-bond donors (Lipinski definition) is 1. The zero-order valence-electron chi connectivity index (χ0n) is 13.8. The average Bonchev–Trinajstić information content (AvgIpc) is 2.84. The van der Waals surface area contributed by atoms with E-state index in [1.807, 2.05) is 12.1 Å². The fourth-order valence-electron chi connectivity index (χ4n) is 3.29. The minimum absolute atomic E-state index is 0.202. The molecule has 1 aliphatic carbocycles. The second-order valence-electron chi connectivity index (χ2n) is 6.13. The van der Waals surface area contributed by atoms with Crippen molar-refractivity contribution in [2.75, 3.05) is 13.7 Å². The predicted molar refractivity (Wildman–Crippen MR) is 86.8 cm³/mol. The third-order valence-electron chi connectivity index (χ3n) is 4.82. The fraction of sp³-hybridized carbons (Fsp3) is 0.667. The van der Waals surface area contributed by atoms with Crippen LogP contribution in [0.3, 0.4) is 0 Å². The highest BCUT2D eigenvalue weighted by Crippen LogP contribution is 2.37. The van der Waals surface area contributed by atoms with Gasteiger partial charge in [-0.25, -0.2) is 0 Å². The molecule has 0 heterocycles. The maximum atomic E-state index is 10.8. The van der Waals surface area contributed by atoms with E-state index >= 15 is 0 Å². The van der Waals surface area contributed by atoms with Crippen LogP contribution >= 0.6 is 0 Å². The van der Waals surface area contributed by atoms with Crippen molar-refractivity contribution in [1.29, 1.82) is 0 Å². The molecule has 0 bridgehead atoms. The number of fused-ring (bicyclic) bond motifs is 1.